The van der Waals surface area contributed by atoms with Crippen LogP contribution in [0.3, 0.4) is 0 Å². The van der Waals surface area contributed by atoms with E-state index in [1.165, 1.54) is 7.11 Å². The summed E-state index contributed by atoms with van der Waals surface area (Å²) in [5, 5.41) is 27.3. The van der Waals surface area contributed by atoms with E-state index in [0.717, 1.165) is 0 Å². The van der Waals surface area contributed by atoms with Gasteiger partial charge in [0.05, 0.1) is 13.2 Å². The van der Waals surface area contributed by atoms with Gasteiger partial charge in [-0.2, -0.15) is 0 Å². The van der Waals surface area contributed by atoms with Crippen molar-refractivity contribution in [3.63, 3.8) is 0 Å². The van der Waals surface area contributed by atoms with Gasteiger partial charge in [-0.25, -0.2) is 0 Å². The van der Waals surface area contributed by atoms with Crippen LogP contribution in [0.1, 0.15) is 0 Å². The number of aliphatic hydroxyl groups is 3. The highest BCUT2D eigenvalue weighted by molar-refractivity contribution is 4.87. The third-order valence-corrected chi connectivity index (χ3v) is 2.03. The van der Waals surface area contributed by atoms with Crippen LogP contribution in [0.15, 0.2) is 0 Å². The molecule has 4 atom stereocenters. The molecule has 0 aromatic carbocycles. The molecule has 0 amide bonds. The van der Waals surface area contributed by atoms with Gasteiger partial charge in [0, 0.05) is 7.11 Å². The van der Waals surface area contributed by atoms with Crippen molar-refractivity contribution < 1.29 is 24.8 Å². The first-order valence-corrected chi connectivity index (χ1v) is 3.82. The number of hydrogen-bond acceptors (Lipinski definition) is 5. The van der Waals surface area contributed by atoms with E-state index in [1.807, 2.05) is 0 Å². The van der Waals surface area contributed by atoms with Crippen molar-refractivity contribution in [1.82, 2.24) is 0 Å². The molecular formula is C7H14O5. The summed E-state index contributed by atoms with van der Waals surface area (Å²) in [7, 11) is 1.40. The zero-order valence-electron chi connectivity index (χ0n) is 6.88. The number of aliphatic hydroxyl groups excluding tert-OH is 3. The Morgan fingerprint density at radius 2 is 2.17 bits per heavy atom. The summed E-state index contributed by atoms with van der Waals surface area (Å²) < 4.78 is 9.91. The van der Waals surface area contributed by atoms with Crippen LogP contribution < -0.4 is 0 Å². The van der Waals surface area contributed by atoms with E-state index in [1.54, 1.807) is 0 Å². The minimum absolute atomic E-state index is 0.0340. The van der Waals surface area contributed by atoms with Gasteiger partial charge < -0.3 is 24.8 Å². The van der Waals surface area contributed by atoms with Crippen molar-refractivity contribution in [2.45, 2.75) is 24.4 Å². The summed E-state index contributed by atoms with van der Waals surface area (Å²) in [6.07, 6.45) is -3.12. The fourth-order valence-corrected chi connectivity index (χ4v) is 1.30. The van der Waals surface area contributed by atoms with Crippen molar-refractivity contribution in [3.8, 4) is 0 Å². The van der Waals surface area contributed by atoms with Crippen LogP contribution >= 0.6 is 0 Å². The molecule has 0 spiro atoms. The summed E-state index contributed by atoms with van der Waals surface area (Å²) in [6, 6.07) is 0. The average molecular weight is 178 g/mol. The molecule has 0 saturated carbocycles. The first-order chi connectivity index (χ1) is 5.70. The van der Waals surface area contributed by atoms with Gasteiger partial charge in [-0.05, 0) is 0 Å². The first kappa shape index (κ1) is 9.88. The normalized spacial score (nSPS) is 43.0. The smallest absolute Gasteiger partial charge is 0.114 e. The Labute approximate surface area is 70.5 Å². The van der Waals surface area contributed by atoms with Crippen molar-refractivity contribution in [2.24, 2.45) is 0 Å². The van der Waals surface area contributed by atoms with E-state index in [2.05, 4.69) is 0 Å². The van der Waals surface area contributed by atoms with Gasteiger partial charge in [-0.15, -0.1) is 0 Å². The van der Waals surface area contributed by atoms with Gasteiger partial charge in [0.2, 0.25) is 0 Å². The highest BCUT2D eigenvalue weighted by Gasteiger charge is 2.38. The lowest BCUT2D eigenvalue weighted by Gasteiger charge is -2.36. The van der Waals surface area contributed by atoms with Crippen LogP contribution in [0.2, 0.25) is 0 Å². The Morgan fingerprint density at radius 3 is 2.67 bits per heavy atom. The SMILES string of the molecule is CO[C@H]1[C@H](O)[C@@H](O)CO[C@@H]1CO. The maximum absolute atomic E-state index is 9.37. The second kappa shape index (κ2) is 4.15. The summed E-state index contributed by atoms with van der Waals surface area (Å²) in [5.74, 6) is 0. The zero-order valence-corrected chi connectivity index (χ0v) is 6.88. The lowest BCUT2D eigenvalue weighted by Crippen LogP contribution is -2.54. The molecule has 1 aliphatic heterocycles. The van der Waals surface area contributed by atoms with E-state index in [4.69, 9.17) is 19.7 Å². The Bertz CT molecular complexity index is 138. The molecule has 1 fully saturated rings. The second-order valence-electron chi connectivity index (χ2n) is 2.81. The Morgan fingerprint density at radius 1 is 1.50 bits per heavy atom. The number of hydrogen-bond donors (Lipinski definition) is 3. The topological polar surface area (TPSA) is 79.2 Å². The quantitative estimate of drug-likeness (QED) is 0.461. The molecule has 12 heavy (non-hydrogen) atoms. The summed E-state index contributed by atoms with van der Waals surface area (Å²) in [5.41, 5.74) is 0. The van der Waals surface area contributed by atoms with Gasteiger partial charge in [0.15, 0.2) is 0 Å². The molecule has 1 rings (SSSR count). The van der Waals surface area contributed by atoms with Gasteiger partial charge in [0.25, 0.3) is 0 Å². The van der Waals surface area contributed by atoms with Crippen molar-refractivity contribution in [2.75, 3.05) is 20.3 Å². The maximum atomic E-state index is 9.37. The van der Waals surface area contributed by atoms with Crippen LogP contribution in [0, 0.1) is 0 Å². The summed E-state index contributed by atoms with van der Waals surface area (Å²) in [4.78, 5) is 0. The summed E-state index contributed by atoms with van der Waals surface area (Å²) >= 11 is 0. The zero-order chi connectivity index (χ0) is 9.14. The number of ether oxygens (including phenoxy) is 2. The highest BCUT2D eigenvalue weighted by atomic mass is 16.6. The molecule has 1 saturated heterocycles. The van der Waals surface area contributed by atoms with Gasteiger partial charge in [-0.1, -0.05) is 0 Å². The third-order valence-electron chi connectivity index (χ3n) is 2.03. The lowest BCUT2D eigenvalue weighted by molar-refractivity contribution is -0.203. The third kappa shape index (κ3) is 1.75. The standard InChI is InChI=1S/C7H14O5/c1-11-7-5(2-8)12-3-4(9)6(7)10/h4-10H,2-3H2,1H3/t4-,5+,6+,7+/m0/s1. The number of rotatable bonds is 2. The van der Waals surface area contributed by atoms with Crippen LogP contribution in [-0.2, 0) is 9.47 Å². The Balaban J connectivity index is 2.58. The maximum Gasteiger partial charge on any atom is 0.114 e. The molecule has 3 N–H and O–H groups in total. The molecule has 0 aromatic heterocycles. The molecule has 0 unspecified atom stereocenters. The van der Waals surface area contributed by atoms with Gasteiger partial charge in [0.1, 0.15) is 24.4 Å². The predicted molar refractivity (Wildman–Crippen MR) is 39.6 cm³/mol. The molecule has 5 nitrogen and oxygen atoms in total. The molecule has 5 heteroatoms. The van der Waals surface area contributed by atoms with E-state index in [9.17, 15) is 5.11 Å². The van der Waals surface area contributed by atoms with Gasteiger partial charge in [-0.3, -0.25) is 0 Å². The Kier molecular flexibility index (Phi) is 3.42. The second-order valence-corrected chi connectivity index (χ2v) is 2.81. The monoisotopic (exact) mass is 178 g/mol. The molecule has 0 aromatic rings. The van der Waals surface area contributed by atoms with Crippen molar-refractivity contribution in [3.05, 3.63) is 0 Å². The van der Waals surface area contributed by atoms with Crippen LogP contribution in [0.4, 0.5) is 0 Å². The molecular weight excluding hydrogens is 164 g/mol. The minimum Gasteiger partial charge on any atom is -0.394 e. The van der Waals surface area contributed by atoms with Gasteiger partial charge >= 0.3 is 0 Å². The van der Waals surface area contributed by atoms with E-state index in [0.29, 0.717) is 0 Å². The molecule has 0 radical (unpaired) electrons. The first-order valence-electron chi connectivity index (χ1n) is 3.82. The molecule has 72 valence electrons. The highest BCUT2D eigenvalue weighted by Crippen LogP contribution is 2.17. The molecule has 0 aliphatic carbocycles. The predicted octanol–water partition coefficient (Wildman–Crippen LogP) is -1.89. The fourth-order valence-electron chi connectivity index (χ4n) is 1.30. The van der Waals surface area contributed by atoms with Crippen LogP contribution in [0.25, 0.3) is 0 Å². The van der Waals surface area contributed by atoms with Crippen LogP contribution in [0.5, 0.6) is 0 Å². The Hall–Kier alpha value is -0.200. The van der Waals surface area contributed by atoms with E-state index < -0.39 is 24.4 Å². The number of methoxy groups -OCH3 is 1. The fraction of sp³-hybridized carbons (Fsp3) is 1.00. The van der Waals surface area contributed by atoms with Crippen molar-refractivity contribution >= 4 is 0 Å². The largest absolute Gasteiger partial charge is 0.394 e. The average Bonchev–Trinajstić information content (AvgIpc) is 2.09. The lowest BCUT2D eigenvalue weighted by atomic mass is 10.0. The van der Waals surface area contributed by atoms with Crippen LogP contribution in [-0.4, -0.2) is 60.1 Å². The summed E-state index contributed by atoms with van der Waals surface area (Å²) in [6.45, 7) is -0.186. The molecule has 1 heterocycles. The van der Waals surface area contributed by atoms with E-state index in [-0.39, 0.29) is 13.2 Å². The molecule has 1 aliphatic rings. The van der Waals surface area contributed by atoms with Crippen molar-refractivity contribution in [1.29, 1.82) is 0 Å². The van der Waals surface area contributed by atoms with E-state index >= 15 is 0 Å². The molecule has 0 bridgehead atoms. The minimum atomic E-state index is -0.985.